The molecule has 1 nitrogen and oxygen atoms in total. The lowest BCUT2D eigenvalue weighted by Gasteiger charge is -1.96. The number of rotatable bonds is 5. The summed E-state index contributed by atoms with van der Waals surface area (Å²) in [6.07, 6.45) is 6.98. The maximum atomic E-state index is 4.25. The van der Waals surface area contributed by atoms with Crippen LogP contribution in [0.4, 0.5) is 0 Å². The van der Waals surface area contributed by atoms with Crippen molar-refractivity contribution >= 4 is 6.21 Å². The number of benzene rings is 1. The molecule has 1 aromatic carbocycles. The Morgan fingerprint density at radius 1 is 1.35 bits per heavy atom. The van der Waals surface area contributed by atoms with E-state index in [1.165, 1.54) is 12.8 Å². The largest absolute Gasteiger partial charge is 0.288 e. The molecule has 0 saturated heterocycles. The van der Waals surface area contributed by atoms with Crippen LogP contribution in [0, 0.1) is 11.8 Å². The zero-order valence-corrected chi connectivity index (χ0v) is 10.4. The highest BCUT2D eigenvalue weighted by Crippen LogP contribution is 2.05. The van der Waals surface area contributed by atoms with E-state index < -0.39 is 0 Å². The zero-order valence-electron chi connectivity index (χ0n) is 10.4. The van der Waals surface area contributed by atoms with Crippen LogP contribution < -0.4 is 0 Å². The minimum Gasteiger partial charge on any atom is -0.288 e. The molecule has 0 saturated carbocycles. The van der Waals surface area contributed by atoms with E-state index >= 15 is 0 Å². The first-order chi connectivity index (χ1) is 8.38. The quantitative estimate of drug-likeness (QED) is 0.312. The van der Waals surface area contributed by atoms with Gasteiger partial charge in [-0.25, -0.2) is 0 Å². The number of hydrogen-bond acceptors (Lipinski definition) is 1. The molecule has 17 heavy (non-hydrogen) atoms. The maximum absolute atomic E-state index is 4.25. The lowest BCUT2D eigenvalue weighted by Crippen LogP contribution is -1.88. The molecule has 88 valence electrons. The minimum atomic E-state index is 0.650. The number of hydrogen-bond donors (Lipinski definition) is 0. The first-order valence-corrected chi connectivity index (χ1v) is 6.07. The second kappa shape index (κ2) is 8.35. The van der Waals surface area contributed by atoms with E-state index in [1.54, 1.807) is 6.08 Å². The summed E-state index contributed by atoms with van der Waals surface area (Å²) in [7, 11) is 0. The zero-order chi connectivity index (χ0) is 12.3. The fourth-order valence-corrected chi connectivity index (χ4v) is 1.37. The third kappa shape index (κ3) is 5.17. The monoisotopic (exact) mass is 225 g/mol. The molecule has 0 atom stereocenters. The molecular weight excluding hydrogens is 206 g/mol. The Hall–Kier alpha value is -1.81. The van der Waals surface area contributed by atoms with Crippen molar-refractivity contribution in [3.05, 3.63) is 48.0 Å². The van der Waals surface area contributed by atoms with Gasteiger partial charge in [0.2, 0.25) is 0 Å². The van der Waals surface area contributed by atoms with Crippen LogP contribution in [-0.2, 0) is 0 Å². The van der Waals surface area contributed by atoms with Crippen LogP contribution in [0.15, 0.2) is 41.9 Å². The molecular formula is C16H19N. The molecule has 0 aromatic heterocycles. The van der Waals surface area contributed by atoms with E-state index in [2.05, 4.69) is 30.3 Å². The Labute approximate surface area is 104 Å². The van der Waals surface area contributed by atoms with Crippen LogP contribution in [0.5, 0.6) is 0 Å². The van der Waals surface area contributed by atoms with Crippen LogP contribution in [0.3, 0.4) is 0 Å². The van der Waals surface area contributed by atoms with Crippen molar-refractivity contribution in [2.45, 2.75) is 26.2 Å². The maximum Gasteiger partial charge on any atom is 0.0567 e. The molecule has 0 fully saturated rings. The van der Waals surface area contributed by atoms with Gasteiger partial charge >= 0.3 is 0 Å². The fraction of sp³-hybridized carbons (Fsp3) is 0.312. The molecule has 0 aliphatic carbocycles. The van der Waals surface area contributed by atoms with E-state index in [4.69, 9.17) is 0 Å². The summed E-state index contributed by atoms with van der Waals surface area (Å²) in [5, 5.41) is 0. The SMILES string of the molecule is C=CCN=Cc1ccccc1C#CCCCC. The molecule has 0 bridgehead atoms. The standard InChI is InChI=1S/C16H19N/c1-3-5-6-7-10-15-11-8-9-12-16(15)14-17-13-4-2/h4,8-9,11-12,14H,2-3,5-6,13H2,1H3. The smallest absolute Gasteiger partial charge is 0.0567 e. The van der Waals surface area contributed by atoms with E-state index in [-0.39, 0.29) is 0 Å². The summed E-state index contributed by atoms with van der Waals surface area (Å²) in [5.41, 5.74) is 2.13. The van der Waals surface area contributed by atoms with Crippen molar-refractivity contribution in [2.75, 3.05) is 6.54 Å². The lowest BCUT2D eigenvalue weighted by atomic mass is 10.1. The molecule has 0 radical (unpaired) electrons. The van der Waals surface area contributed by atoms with Crippen LogP contribution >= 0.6 is 0 Å². The first kappa shape index (κ1) is 13.3. The summed E-state index contributed by atoms with van der Waals surface area (Å²) in [5.74, 6) is 6.41. The molecule has 0 N–H and O–H groups in total. The molecule has 0 unspecified atom stereocenters. The minimum absolute atomic E-state index is 0.650. The third-order valence-corrected chi connectivity index (χ3v) is 2.30. The van der Waals surface area contributed by atoms with Gasteiger partial charge in [0.25, 0.3) is 0 Å². The Kier molecular flexibility index (Phi) is 6.51. The second-order valence-electron chi connectivity index (χ2n) is 3.78. The predicted molar refractivity (Wildman–Crippen MR) is 75.5 cm³/mol. The van der Waals surface area contributed by atoms with Gasteiger partial charge in [0.05, 0.1) is 6.54 Å². The number of unbranched alkanes of at least 4 members (excludes halogenated alkanes) is 2. The van der Waals surface area contributed by atoms with Crippen LogP contribution in [0.25, 0.3) is 0 Å². The highest BCUT2D eigenvalue weighted by molar-refractivity contribution is 5.83. The summed E-state index contributed by atoms with van der Waals surface area (Å²) in [6, 6.07) is 8.09. The highest BCUT2D eigenvalue weighted by atomic mass is 14.7. The highest BCUT2D eigenvalue weighted by Gasteiger charge is 1.94. The molecule has 1 aromatic rings. The second-order valence-corrected chi connectivity index (χ2v) is 3.78. The topological polar surface area (TPSA) is 12.4 Å². The van der Waals surface area contributed by atoms with Gasteiger partial charge < -0.3 is 0 Å². The Bertz CT molecular complexity index is 432. The van der Waals surface area contributed by atoms with Gasteiger partial charge in [-0.3, -0.25) is 4.99 Å². The normalized spacial score (nSPS) is 9.94. The summed E-state index contributed by atoms with van der Waals surface area (Å²) >= 11 is 0. The van der Waals surface area contributed by atoms with E-state index in [0.29, 0.717) is 6.54 Å². The Morgan fingerprint density at radius 2 is 2.18 bits per heavy atom. The Balaban J connectivity index is 2.75. The van der Waals surface area contributed by atoms with Crippen molar-refractivity contribution in [1.82, 2.24) is 0 Å². The molecule has 0 heterocycles. The average molecular weight is 225 g/mol. The average Bonchev–Trinajstić information content (AvgIpc) is 2.36. The Morgan fingerprint density at radius 3 is 2.94 bits per heavy atom. The van der Waals surface area contributed by atoms with Gasteiger partial charge in [0.1, 0.15) is 0 Å². The molecule has 1 rings (SSSR count). The van der Waals surface area contributed by atoms with Crippen molar-refractivity contribution in [3.8, 4) is 11.8 Å². The number of aliphatic imine (C=N–C) groups is 1. The molecule has 0 amide bonds. The molecule has 0 aliphatic heterocycles. The van der Waals surface area contributed by atoms with Gasteiger partial charge in [0, 0.05) is 23.8 Å². The lowest BCUT2D eigenvalue weighted by molar-refractivity contribution is 0.828. The van der Waals surface area contributed by atoms with Gasteiger partial charge in [-0.1, -0.05) is 49.5 Å². The number of nitrogens with zero attached hydrogens (tertiary/aromatic N) is 1. The molecule has 0 spiro atoms. The van der Waals surface area contributed by atoms with Gasteiger partial charge in [-0.2, -0.15) is 0 Å². The third-order valence-electron chi connectivity index (χ3n) is 2.30. The fourth-order valence-electron chi connectivity index (χ4n) is 1.37. The van der Waals surface area contributed by atoms with E-state index in [9.17, 15) is 0 Å². The van der Waals surface area contributed by atoms with Gasteiger partial charge in [-0.15, -0.1) is 6.58 Å². The van der Waals surface area contributed by atoms with Crippen molar-refractivity contribution in [2.24, 2.45) is 4.99 Å². The van der Waals surface area contributed by atoms with Crippen molar-refractivity contribution < 1.29 is 0 Å². The van der Waals surface area contributed by atoms with Crippen LogP contribution in [0.1, 0.15) is 37.3 Å². The van der Waals surface area contributed by atoms with Crippen molar-refractivity contribution in [1.29, 1.82) is 0 Å². The van der Waals surface area contributed by atoms with Crippen molar-refractivity contribution in [3.63, 3.8) is 0 Å². The molecule has 1 heteroatoms. The predicted octanol–water partition coefficient (Wildman–Crippen LogP) is 3.83. The van der Waals surface area contributed by atoms with Crippen LogP contribution in [0.2, 0.25) is 0 Å². The van der Waals surface area contributed by atoms with E-state index in [1.807, 2.05) is 30.5 Å². The summed E-state index contributed by atoms with van der Waals surface area (Å²) in [4.78, 5) is 4.25. The summed E-state index contributed by atoms with van der Waals surface area (Å²) < 4.78 is 0. The van der Waals surface area contributed by atoms with Gasteiger partial charge in [-0.05, 0) is 12.5 Å². The van der Waals surface area contributed by atoms with E-state index in [0.717, 1.165) is 17.5 Å². The van der Waals surface area contributed by atoms with Crippen LogP contribution in [-0.4, -0.2) is 12.8 Å². The molecule has 0 aliphatic rings. The van der Waals surface area contributed by atoms with Gasteiger partial charge in [0.15, 0.2) is 0 Å². The first-order valence-electron chi connectivity index (χ1n) is 6.07. The summed E-state index contributed by atoms with van der Waals surface area (Å²) in [6.45, 7) is 6.47.